The summed E-state index contributed by atoms with van der Waals surface area (Å²) in [5.74, 6) is -1.94. The number of benzene rings is 1. The number of pyridine rings is 1. The molecule has 0 unspecified atom stereocenters. The van der Waals surface area contributed by atoms with Gasteiger partial charge in [-0.2, -0.15) is 0 Å². The average molecular weight is 350 g/mol. The summed E-state index contributed by atoms with van der Waals surface area (Å²) in [5, 5.41) is 9.40. The molecule has 1 aromatic heterocycles. The molecule has 25 heavy (non-hydrogen) atoms. The fraction of sp³-hybridized carbons (Fsp3) is 0.294. The molecule has 1 fully saturated rings. The molecule has 0 saturated carbocycles. The third-order valence-electron chi connectivity index (χ3n) is 4.04. The average Bonchev–Trinajstić information content (AvgIpc) is 2.62. The Hall–Kier alpha value is -2.90. The Kier molecular flexibility index (Phi) is 5.74. The maximum Gasteiger partial charge on any atom is 0.191 e. The predicted molar refractivity (Wildman–Crippen MR) is 93.0 cm³/mol. The van der Waals surface area contributed by atoms with Crippen molar-refractivity contribution in [1.29, 1.82) is 0 Å². The molecule has 1 saturated heterocycles. The SMILES string of the molecule is C=O.Cc1cc(N)cnc1N1CCN(c2ccc(F)c(O)c2F)CC1. The van der Waals surface area contributed by atoms with Crippen LogP contribution in [0.4, 0.5) is 26.0 Å². The Morgan fingerprint density at radius 3 is 2.36 bits per heavy atom. The molecule has 1 aromatic carbocycles. The van der Waals surface area contributed by atoms with Crippen LogP contribution in [0.15, 0.2) is 24.4 Å². The van der Waals surface area contributed by atoms with Gasteiger partial charge >= 0.3 is 0 Å². The number of halogens is 2. The molecule has 0 radical (unpaired) electrons. The normalized spacial score (nSPS) is 14.0. The lowest BCUT2D eigenvalue weighted by molar-refractivity contribution is -0.0979. The number of aromatic hydroxyl groups is 1. The number of hydrogen-bond acceptors (Lipinski definition) is 6. The van der Waals surface area contributed by atoms with Gasteiger partial charge in [-0.25, -0.2) is 13.8 Å². The number of carbonyl (C=O) groups excluding carboxylic acids is 1. The molecule has 6 nitrogen and oxygen atoms in total. The van der Waals surface area contributed by atoms with Crippen molar-refractivity contribution < 1.29 is 18.7 Å². The van der Waals surface area contributed by atoms with Crippen LogP contribution in [0, 0.1) is 18.6 Å². The van der Waals surface area contributed by atoms with Gasteiger partial charge in [0.2, 0.25) is 0 Å². The molecule has 0 aliphatic carbocycles. The highest BCUT2D eigenvalue weighted by Crippen LogP contribution is 2.30. The van der Waals surface area contributed by atoms with Gasteiger partial charge in [-0.1, -0.05) is 0 Å². The highest BCUT2D eigenvalue weighted by Gasteiger charge is 2.23. The zero-order valence-electron chi connectivity index (χ0n) is 13.9. The van der Waals surface area contributed by atoms with Crippen LogP contribution in [0.5, 0.6) is 5.75 Å². The van der Waals surface area contributed by atoms with Crippen LogP contribution in [0.25, 0.3) is 0 Å². The van der Waals surface area contributed by atoms with Crippen LogP contribution >= 0.6 is 0 Å². The van der Waals surface area contributed by atoms with E-state index in [2.05, 4.69) is 9.88 Å². The number of phenolic OH excluding ortho intramolecular Hbond substituents is 1. The molecule has 2 aromatic rings. The van der Waals surface area contributed by atoms with Gasteiger partial charge in [0.1, 0.15) is 12.6 Å². The molecular formula is C17H20F2N4O2. The Balaban J connectivity index is 0.00000109. The third kappa shape index (κ3) is 3.78. The van der Waals surface area contributed by atoms with E-state index in [0.29, 0.717) is 31.9 Å². The number of piperazine rings is 1. The number of rotatable bonds is 2. The minimum atomic E-state index is -0.952. The van der Waals surface area contributed by atoms with Crippen molar-refractivity contribution in [3.8, 4) is 5.75 Å². The molecule has 0 atom stereocenters. The van der Waals surface area contributed by atoms with Crippen molar-refractivity contribution in [1.82, 2.24) is 4.98 Å². The van der Waals surface area contributed by atoms with Gasteiger partial charge in [-0.15, -0.1) is 0 Å². The molecule has 1 aliphatic heterocycles. The quantitative estimate of drug-likeness (QED) is 0.863. The van der Waals surface area contributed by atoms with Crippen LogP contribution in [0.1, 0.15) is 5.56 Å². The van der Waals surface area contributed by atoms with Gasteiger partial charge in [0.05, 0.1) is 17.6 Å². The fourth-order valence-electron chi connectivity index (χ4n) is 2.85. The van der Waals surface area contributed by atoms with E-state index >= 15 is 0 Å². The number of nitrogens with zero attached hydrogens (tertiary/aromatic N) is 3. The first-order valence-corrected chi connectivity index (χ1v) is 7.65. The first-order valence-electron chi connectivity index (χ1n) is 7.65. The van der Waals surface area contributed by atoms with E-state index in [4.69, 9.17) is 10.5 Å². The van der Waals surface area contributed by atoms with Crippen molar-refractivity contribution in [3.05, 3.63) is 41.6 Å². The van der Waals surface area contributed by atoms with Crippen molar-refractivity contribution in [2.75, 3.05) is 41.7 Å². The van der Waals surface area contributed by atoms with Crippen LogP contribution in [-0.4, -0.2) is 43.1 Å². The summed E-state index contributed by atoms with van der Waals surface area (Å²) in [6.07, 6.45) is 1.62. The van der Waals surface area contributed by atoms with Gasteiger partial charge in [0.15, 0.2) is 17.4 Å². The van der Waals surface area contributed by atoms with E-state index in [9.17, 15) is 13.9 Å². The zero-order valence-corrected chi connectivity index (χ0v) is 13.9. The first-order chi connectivity index (χ1) is 12.0. The maximum absolute atomic E-state index is 14.0. The monoisotopic (exact) mass is 350 g/mol. The lowest BCUT2D eigenvalue weighted by Crippen LogP contribution is -2.47. The molecule has 8 heteroatoms. The van der Waals surface area contributed by atoms with Crippen LogP contribution in [0.3, 0.4) is 0 Å². The largest absolute Gasteiger partial charge is 0.503 e. The molecule has 1 aliphatic rings. The van der Waals surface area contributed by atoms with E-state index in [1.54, 1.807) is 11.1 Å². The van der Waals surface area contributed by atoms with Crippen molar-refractivity contribution in [3.63, 3.8) is 0 Å². The number of nitrogens with two attached hydrogens (primary N) is 1. The van der Waals surface area contributed by atoms with E-state index in [1.165, 1.54) is 6.07 Å². The summed E-state index contributed by atoms with van der Waals surface area (Å²) in [6.45, 7) is 6.34. The zero-order chi connectivity index (χ0) is 18.6. The van der Waals surface area contributed by atoms with Crippen LogP contribution < -0.4 is 15.5 Å². The van der Waals surface area contributed by atoms with E-state index in [0.717, 1.165) is 17.4 Å². The van der Waals surface area contributed by atoms with Crippen molar-refractivity contribution in [2.45, 2.75) is 6.92 Å². The highest BCUT2D eigenvalue weighted by atomic mass is 19.1. The van der Waals surface area contributed by atoms with Gasteiger partial charge in [-0.3, -0.25) is 0 Å². The Bertz CT molecular complexity index is 750. The second-order valence-corrected chi connectivity index (χ2v) is 5.61. The number of phenols is 1. The molecular weight excluding hydrogens is 330 g/mol. The summed E-state index contributed by atoms with van der Waals surface area (Å²) < 4.78 is 27.2. The van der Waals surface area contributed by atoms with Gasteiger partial charge in [0, 0.05) is 26.2 Å². The lowest BCUT2D eigenvalue weighted by Gasteiger charge is -2.37. The lowest BCUT2D eigenvalue weighted by atomic mass is 10.2. The number of anilines is 3. The molecule has 134 valence electrons. The summed E-state index contributed by atoms with van der Waals surface area (Å²) >= 11 is 0. The molecule has 3 rings (SSSR count). The topological polar surface area (TPSA) is 82.7 Å². The smallest absolute Gasteiger partial charge is 0.191 e. The molecule has 0 spiro atoms. The fourth-order valence-corrected chi connectivity index (χ4v) is 2.85. The highest BCUT2D eigenvalue weighted by molar-refractivity contribution is 5.56. The summed E-state index contributed by atoms with van der Waals surface area (Å²) in [7, 11) is 0. The Labute approximate surface area is 144 Å². The molecule has 0 amide bonds. The van der Waals surface area contributed by atoms with Crippen molar-refractivity contribution >= 4 is 24.0 Å². The Morgan fingerprint density at radius 1 is 1.16 bits per heavy atom. The number of hydrogen-bond donors (Lipinski definition) is 2. The second kappa shape index (κ2) is 7.78. The first kappa shape index (κ1) is 18.4. The Morgan fingerprint density at radius 2 is 1.76 bits per heavy atom. The minimum Gasteiger partial charge on any atom is -0.503 e. The predicted octanol–water partition coefficient (Wildman–Crippen LogP) is 2.10. The van der Waals surface area contributed by atoms with Gasteiger partial charge < -0.3 is 25.4 Å². The minimum absolute atomic E-state index is 0.213. The summed E-state index contributed by atoms with van der Waals surface area (Å²) in [5.41, 5.74) is 7.54. The number of nitrogen functional groups attached to an aromatic ring is 1. The standard InChI is InChI=1S/C16H18F2N4O.CH2O/c1-10-8-11(19)9-20-16(10)22-6-4-21(5-7-22)13-3-2-12(17)15(23)14(13)18;1-2/h2-3,8-9,23H,4-7,19H2,1H3;1H2. The molecule has 3 N–H and O–H groups in total. The summed E-state index contributed by atoms with van der Waals surface area (Å²) in [4.78, 5) is 16.3. The van der Waals surface area contributed by atoms with Crippen LogP contribution in [0.2, 0.25) is 0 Å². The third-order valence-corrected chi connectivity index (χ3v) is 4.04. The van der Waals surface area contributed by atoms with Crippen molar-refractivity contribution in [2.24, 2.45) is 0 Å². The molecule has 2 heterocycles. The van der Waals surface area contributed by atoms with Crippen LogP contribution in [-0.2, 0) is 4.79 Å². The van der Waals surface area contributed by atoms with Gasteiger partial charge in [0.25, 0.3) is 0 Å². The van der Waals surface area contributed by atoms with E-state index in [1.807, 2.05) is 19.8 Å². The second-order valence-electron chi connectivity index (χ2n) is 5.61. The number of aromatic nitrogens is 1. The number of carbonyl (C=O) groups is 1. The van der Waals surface area contributed by atoms with E-state index < -0.39 is 17.4 Å². The summed E-state index contributed by atoms with van der Waals surface area (Å²) in [6, 6.07) is 4.30. The maximum atomic E-state index is 14.0. The number of aryl methyl sites for hydroxylation is 1. The van der Waals surface area contributed by atoms with E-state index in [-0.39, 0.29) is 5.69 Å². The molecule has 0 bridgehead atoms. The van der Waals surface area contributed by atoms with Gasteiger partial charge in [-0.05, 0) is 30.7 Å².